The number of alkyl halides is 3. The van der Waals surface area contributed by atoms with E-state index in [0.29, 0.717) is 36.6 Å². The fourth-order valence-electron chi connectivity index (χ4n) is 3.53. The summed E-state index contributed by atoms with van der Waals surface area (Å²) in [7, 11) is -4.24. The van der Waals surface area contributed by atoms with E-state index < -0.39 is 39.0 Å². The second-order valence-electron chi connectivity index (χ2n) is 7.36. The summed E-state index contributed by atoms with van der Waals surface area (Å²) in [4.78, 5) is 17.1. The lowest BCUT2D eigenvalue weighted by atomic mass is 10.1. The Balaban J connectivity index is 1.43. The molecule has 1 aliphatic heterocycles. The number of aromatic nitrogens is 1. The molecule has 8 nitrogen and oxygen atoms in total. The van der Waals surface area contributed by atoms with Crippen LogP contribution in [0.15, 0.2) is 47.4 Å². The molecule has 0 unspecified atom stereocenters. The second-order valence-corrected chi connectivity index (χ2v) is 10.1. The third-order valence-corrected chi connectivity index (χ3v) is 7.71. The highest BCUT2D eigenvalue weighted by atomic mass is 32.2. The lowest BCUT2D eigenvalue weighted by molar-refractivity contribution is -0.275. The lowest BCUT2D eigenvalue weighted by Gasteiger charge is -2.32. The minimum Gasteiger partial charge on any atom is -0.478 e. The summed E-state index contributed by atoms with van der Waals surface area (Å²) in [6, 6.07) is 8.80. The number of aromatic carboxylic acids is 1. The number of para-hydroxylation sites is 1. The second kappa shape index (κ2) is 8.80. The van der Waals surface area contributed by atoms with Crippen LogP contribution < -0.4 is 14.4 Å². The molecule has 0 radical (unpaired) electrons. The number of piperidine rings is 1. The molecule has 1 saturated heterocycles. The van der Waals surface area contributed by atoms with Crippen LogP contribution in [0.1, 0.15) is 23.2 Å². The normalized spacial score (nSPS) is 15.7. The summed E-state index contributed by atoms with van der Waals surface area (Å²) in [5, 5.41) is 9.82. The Kier molecular flexibility index (Phi) is 6.20. The van der Waals surface area contributed by atoms with Crippen molar-refractivity contribution >= 4 is 42.7 Å². The van der Waals surface area contributed by atoms with Gasteiger partial charge in [0.25, 0.3) is 0 Å². The number of fused-ring (bicyclic) bond motifs is 1. The summed E-state index contributed by atoms with van der Waals surface area (Å²) in [5.74, 6) is -1.81. The van der Waals surface area contributed by atoms with Gasteiger partial charge in [-0.3, -0.25) is 0 Å². The Morgan fingerprint density at radius 2 is 1.88 bits per heavy atom. The van der Waals surface area contributed by atoms with Crippen LogP contribution in [-0.2, 0) is 10.0 Å². The van der Waals surface area contributed by atoms with E-state index >= 15 is 0 Å². The molecule has 1 aromatic heterocycles. The van der Waals surface area contributed by atoms with Gasteiger partial charge in [-0.25, -0.2) is 22.9 Å². The molecule has 0 bridgehead atoms. The topological polar surface area (TPSA) is 109 Å². The van der Waals surface area contributed by atoms with Crippen molar-refractivity contribution in [1.29, 1.82) is 0 Å². The van der Waals surface area contributed by atoms with E-state index in [-0.39, 0.29) is 5.56 Å². The van der Waals surface area contributed by atoms with E-state index in [0.717, 1.165) is 16.8 Å². The van der Waals surface area contributed by atoms with Gasteiger partial charge in [0, 0.05) is 19.1 Å². The molecule has 0 aliphatic carbocycles. The SMILES string of the molecule is O=C(O)c1ccc2nc(N3CCC(NS(=O)(=O)c4ccccc4OC(F)(F)F)CC3)sc2c1. The maximum Gasteiger partial charge on any atom is 0.573 e. The van der Waals surface area contributed by atoms with E-state index in [1.165, 1.54) is 29.5 Å². The fraction of sp³-hybridized carbons (Fsp3) is 0.300. The standard InChI is InChI=1S/C20H18F3N3O5S2/c21-20(22,23)31-15-3-1-2-4-17(15)33(29,30)25-13-7-9-26(10-8-13)19-24-14-6-5-12(18(27)28)11-16(14)32-19/h1-6,11,13,25H,7-10H2,(H,27,28). The summed E-state index contributed by atoms with van der Waals surface area (Å²) >= 11 is 1.34. The lowest BCUT2D eigenvalue weighted by Crippen LogP contribution is -2.44. The summed E-state index contributed by atoms with van der Waals surface area (Å²) in [6.07, 6.45) is -4.19. The van der Waals surface area contributed by atoms with Crippen molar-refractivity contribution in [3.63, 3.8) is 0 Å². The largest absolute Gasteiger partial charge is 0.573 e. The number of hydrogen-bond donors (Lipinski definition) is 2. The number of sulfonamides is 1. The number of hydrogen-bond acceptors (Lipinski definition) is 7. The molecular formula is C20H18F3N3O5S2. The quantitative estimate of drug-likeness (QED) is 0.528. The van der Waals surface area contributed by atoms with Crippen LogP contribution in [-0.4, -0.2) is 50.0 Å². The van der Waals surface area contributed by atoms with Crippen LogP contribution in [0.25, 0.3) is 10.2 Å². The van der Waals surface area contributed by atoms with Crippen molar-refractivity contribution in [2.24, 2.45) is 0 Å². The van der Waals surface area contributed by atoms with Crippen molar-refractivity contribution in [1.82, 2.24) is 9.71 Å². The van der Waals surface area contributed by atoms with Crippen molar-refractivity contribution in [3.8, 4) is 5.75 Å². The molecule has 2 heterocycles. The third kappa shape index (κ3) is 5.37. The van der Waals surface area contributed by atoms with Crippen LogP contribution in [0.4, 0.5) is 18.3 Å². The number of carbonyl (C=O) groups is 1. The number of carboxylic acids is 1. The highest BCUT2D eigenvalue weighted by Gasteiger charge is 2.35. The van der Waals surface area contributed by atoms with Gasteiger partial charge >= 0.3 is 12.3 Å². The van der Waals surface area contributed by atoms with Crippen molar-refractivity contribution in [2.75, 3.05) is 18.0 Å². The first-order valence-electron chi connectivity index (χ1n) is 9.78. The van der Waals surface area contributed by atoms with E-state index in [2.05, 4.69) is 14.4 Å². The number of anilines is 1. The predicted molar refractivity (Wildman–Crippen MR) is 115 cm³/mol. The Morgan fingerprint density at radius 3 is 2.55 bits per heavy atom. The molecule has 3 aromatic rings. The van der Waals surface area contributed by atoms with Gasteiger partial charge in [0.05, 0.1) is 15.8 Å². The van der Waals surface area contributed by atoms with Gasteiger partial charge < -0.3 is 14.7 Å². The Labute approximate surface area is 190 Å². The number of thiazole rings is 1. The molecule has 0 atom stereocenters. The number of halogens is 3. The number of rotatable bonds is 6. The van der Waals surface area contributed by atoms with Crippen LogP contribution in [0, 0.1) is 0 Å². The summed E-state index contributed by atoms with van der Waals surface area (Å²) < 4.78 is 70.4. The van der Waals surface area contributed by atoms with Gasteiger partial charge in [0.2, 0.25) is 10.0 Å². The summed E-state index contributed by atoms with van der Waals surface area (Å²) in [5.41, 5.74) is 0.838. The van der Waals surface area contributed by atoms with Gasteiger partial charge in [0.15, 0.2) is 5.13 Å². The maximum absolute atomic E-state index is 12.7. The smallest absolute Gasteiger partial charge is 0.478 e. The van der Waals surface area contributed by atoms with E-state index in [1.807, 2.05) is 4.90 Å². The number of ether oxygens (including phenoxy) is 1. The predicted octanol–water partition coefficient (Wildman–Crippen LogP) is 3.84. The van der Waals surface area contributed by atoms with E-state index in [1.54, 1.807) is 12.1 Å². The zero-order valence-electron chi connectivity index (χ0n) is 16.9. The molecule has 2 N–H and O–H groups in total. The first-order chi connectivity index (χ1) is 15.5. The fourth-order valence-corrected chi connectivity index (χ4v) is 6.02. The molecule has 176 valence electrons. The summed E-state index contributed by atoms with van der Waals surface area (Å²) in [6.45, 7) is 0.943. The van der Waals surface area contributed by atoms with E-state index in [4.69, 9.17) is 5.11 Å². The highest BCUT2D eigenvalue weighted by molar-refractivity contribution is 7.89. The number of nitrogens with one attached hydrogen (secondary N) is 1. The third-order valence-electron chi connectivity index (χ3n) is 5.08. The average Bonchev–Trinajstić information content (AvgIpc) is 3.16. The van der Waals surface area contributed by atoms with Gasteiger partial charge in [-0.15, -0.1) is 13.2 Å². The van der Waals surface area contributed by atoms with Crippen LogP contribution in [0.2, 0.25) is 0 Å². The molecule has 1 aliphatic rings. The first-order valence-corrected chi connectivity index (χ1v) is 12.1. The number of benzene rings is 2. The first kappa shape index (κ1) is 23.3. The zero-order chi connectivity index (χ0) is 23.8. The van der Waals surface area contributed by atoms with Gasteiger partial charge in [-0.2, -0.15) is 0 Å². The number of nitrogens with zero attached hydrogens (tertiary/aromatic N) is 2. The molecule has 0 amide bonds. The average molecular weight is 502 g/mol. The van der Waals surface area contributed by atoms with Crippen molar-refractivity contribution in [3.05, 3.63) is 48.0 Å². The van der Waals surface area contributed by atoms with Crippen molar-refractivity contribution < 1.29 is 36.2 Å². The minimum absolute atomic E-state index is 0.167. The molecule has 0 spiro atoms. The molecule has 13 heteroatoms. The Bertz CT molecular complexity index is 1290. The Hall–Kier alpha value is -2.90. The molecule has 4 rings (SSSR count). The Morgan fingerprint density at radius 1 is 1.18 bits per heavy atom. The van der Waals surface area contributed by atoms with Crippen LogP contribution in [0.5, 0.6) is 5.75 Å². The maximum atomic E-state index is 12.7. The molecule has 2 aromatic carbocycles. The molecule has 33 heavy (non-hydrogen) atoms. The highest BCUT2D eigenvalue weighted by Crippen LogP contribution is 2.32. The van der Waals surface area contributed by atoms with Crippen molar-refractivity contribution in [2.45, 2.75) is 30.1 Å². The number of carboxylic acid groups (broad SMARTS) is 1. The molecular weight excluding hydrogens is 483 g/mol. The monoisotopic (exact) mass is 501 g/mol. The molecule has 1 fully saturated rings. The van der Waals surface area contributed by atoms with Gasteiger partial charge in [0.1, 0.15) is 10.6 Å². The minimum atomic E-state index is -5.01. The zero-order valence-corrected chi connectivity index (χ0v) is 18.5. The van der Waals surface area contributed by atoms with Crippen LogP contribution >= 0.6 is 11.3 Å². The van der Waals surface area contributed by atoms with Gasteiger partial charge in [-0.05, 0) is 43.2 Å². The van der Waals surface area contributed by atoms with E-state index in [9.17, 15) is 26.4 Å². The van der Waals surface area contributed by atoms with Gasteiger partial charge in [-0.1, -0.05) is 23.5 Å². The molecule has 0 saturated carbocycles. The van der Waals surface area contributed by atoms with Crippen LogP contribution in [0.3, 0.4) is 0 Å².